The smallest absolute Gasteiger partial charge is 0.422 e. The molecule has 3 amide bonds. The lowest BCUT2D eigenvalue weighted by Gasteiger charge is -2.14. The molecule has 144 valence electrons. The van der Waals surface area contributed by atoms with E-state index in [1.54, 1.807) is 0 Å². The van der Waals surface area contributed by atoms with Gasteiger partial charge in [-0.05, 0) is 18.9 Å². The molecule has 2 unspecified atom stereocenters. The molecule has 1 N–H and O–H groups in total. The van der Waals surface area contributed by atoms with Crippen molar-refractivity contribution in [2.24, 2.45) is 11.8 Å². The average Bonchev–Trinajstić information content (AvgIpc) is 2.86. The summed E-state index contributed by atoms with van der Waals surface area (Å²) in [5, 5.41) is 2.45. The lowest BCUT2D eigenvalue weighted by atomic mass is 9.85. The Kier molecular flexibility index (Phi) is 5.15. The molecule has 0 saturated carbocycles. The fourth-order valence-electron chi connectivity index (χ4n) is 3.06. The van der Waals surface area contributed by atoms with Crippen LogP contribution in [0.25, 0.3) is 0 Å². The number of alkyl halides is 3. The number of nitrogens with zero attached hydrogens (tertiary/aromatic N) is 2. The quantitative estimate of drug-likeness (QED) is 0.620. The maximum atomic E-state index is 12.3. The third-order valence-corrected chi connectivity index (χ3v) is 4.30. The van der Waals surface area contributed by atoms with Crippen LogP contribution in [-0.4, -0.2) is 46.9 Å². The molecule has 27 heavy (non-hydrogen) atoms. The number of amides is 3. The van der Waals surface area contributed by atoms with E-state index < -0.39 is 37.1 Å². The van der Waals surface area contributed by atoms with Gasteiger partial charge in [0.05, 0.1) is 23.7 Å². The van der Waals surface area contributed by atoms with E-state index in [0.717, 1.165) is 11.1 Å². The first-order chi connectivity index (χ1) is 12.7. The summed E-state index contributed by atoms with van der Waals surface area (Å²) >= 11 is 0. The number of likely N-dealkylation sites (tertiary alicyclic amines) is 1. The first kappa shape index (κ1) is 18.9. The number of anilines is 1. The highest BCUT2D eigenvalue weighted by Gasteiger charge is 2.47. The molecular formula is C17H16F3N3O4. The molecule has 2 aliphatic rings. The predicted molar refractivity (Wildman–Crippen MR) is 86.5 cm³/mol. The summed E-state index contributed by atoms with van der Waals surface area (Å²) in [6.45, 7) is -1.89. The molecule has 2 heterocycles. The molecular weight excluding hydrogens is 367 g/mol. The molecule has 1 fully saturated rings. The van der Waals surface area contributed by atoms with Crippen molar-refractivity contribution in [2.75, 3.05) is 18.5 Å². The van der Waals surface area contributed by atoms with Gasteiger partial charge in [-0.1, -0.05) is 12.2 Å². The van der Waals surface area contributed by atoms with E-state index in [-0.39, 0.29) is 23.4 Å². The van der Waals surface area contributed by atoms with E-state index in [2.05, 4.69) is 15.0 Å². The molecule has 1 aromatic heterocycles. The Hall–Kier alpha value is -2.91. The van der Waals surface area contributed by atoms with E-state index in [1.807, 2.05) is 12.2 Å². The number of imide groups is 1. The van der Waals surface area contributed by atoms with Crippen LogP contribution in [0.5, 0.6) is 5.88 Å². The van der Waals surface area contributed by atoms with Crippen LogP contribution in [0.1, 0.15) is 12.8 Å². The second-order valence-electron chi connectivity index (χ2n) is 6.26. The number of nitrogens with one attached hydrogen (secondary N) is 1. The Bertz CT molecular complexity index is 751. The largest absolute Gasteiger partial charge is 0.468 e. The molecule has 0 radical (unpaired) electrons. The number of hydrogen-bond donors (Lipinski definition) is 1. The van der Waals surface area contributed by atoms with Crippen molar-refractivity contribution in [3.63, 3.8) is 0 Å². The first-order valence-electron chi connectivity index (χ1n) is 8.20. The van der Waals surface area contributed by atoms with Crippen LogP contribution in [0.3, 0.4) is 0 Å². The molecule has 7 nitrogen and oxygen atoms in total. The van der Waals surface area contributed by atoms with Crippen molar-refractivity contribution in [3.8, 4) is 5.88 Å². The Labute approximate surface area is 152 Å². The Morgan fingerprint density at radius 1 is 1.19 bits per heavy atom. The fourth-order valence-corrected chi connectivity index (χ4v) is 3.06. The van der Waals surface area contributed by atoms with Crippen molar-refractivity contribution < 1.29 is 32.3 Å². The van der Waals surface area contributed by atoms with E-state index >= 15 is 0 Å². The van der Waals surface area contributed by atoms with Crippen molar-refractivity contribution in [1.82, 2.24) is 9.88 Å². The number of halogens is 3. The molecule has 0 bridgehead atoms. The van der Waals surface area contributed by atoms with Crippen LogP contribution in [0.2, 0.25) is 0 Å². The van der Waals surface area contributed by atoms with E-state index in [1.165, 1.54) is 12.1 Å². The standard InChI is InChI=1S/C17H16F3N3O4/c18-17(19,20)9-27-14-6-5-10(7-21-14)22-13(24)8-23-15(25)11-3-1-2-4-12(11)16(23)26/h1-2,5-7,11-12H,3-4,8-9H2,(H,22,24). The summed E-state index contributed by atoms with van der Waals surface area (Å²) < 4.78 is 40.7. The van der Waals surface area contributed by atoms with E-state index in [0.29, 0.717) is 12.8 Å². The van der Waals surface area contributed by atoms with E-state index in [4.69, 9.17) is 0 Å². The third-order valence-electron chi connectivity index (χ3n) is 4.30. The number of fused-ring (bicyclic) bond motifs is 1. The molecule has 1 aliphatic heterocycles. The number of carbonyl (C=O) groups is 3. The molecule has 0 spiro atoms. The van der Waals surface area contributed by atoms with Crippen molar-refractivity contribution >= 4 is 23.4 Å². The number of ether oxygens (including phenoxy) is 1. The van der Waals surface area contributed by atoms with Crippen LogP contribution in [-0.2, 0) is 14.4 Å². The number of pyridine rings is 1. The number of hydrogen-bond acceptors (Lipinski definition) is 5. The van der Waals surface area contributed by atoms with Gasteiger partial charge in [-0.2, -0.15) is 13.2 Å². The van der Waals surface area contributed by atoms with Gasteiger partial charge in [-0.25, -0.2) is 4.98 Å². The zero-order chi connectivity index (χ0) is 19.6. The molecule has 10 heteroatoms. The van der Waals surface area contributed by atoms with Gasteiger partial charge in [0.1, 0.15) is 6.54 Å². The Morgan fingerprint density at radius 2 is 1.81 bits per heavy atom. The topological polar surface area (TPSA) is 88.6 Å². The van der Waals surface area contributed by atoms with Crippen LogP contribution in [0.4, 0.5) is 18.9 Å². The minimum absolute atomic E-state index is 0.206. The Balaban J connectivity index is 1.55. The summed E-state index contributed by atoms with van der Waals surface area (Å²) in [5.74, 6) is -2.40. The summed E-state index contributed by atoms with van der Waals surface area (Å²) in [6, 6.07) is 2.49. The van der Waals surface area contributed by atoms with Gasteiger partial charge in [0.2, 0.25) is 23.6 Å². The van der Waals surface area contributed by atoms with Crippen LogP contribution in [0.15, 0.2) is 30.5 Å². The third kappa shape index (κ3) is 4.44. The van der Waals surface area contributed by atoms with Crippen LogP contribution >= 0.6 is 0 Å². The highest BCUT2D eigenvalue weighted by molar-refractivity contribution is 6.08. The zero-order valence-corrected chi connectivity index (χ0v) is 14.0. The molecule has 0 aromatic carbocycles. The summed E-state index contributed by atoms with van der Waals surface area (Å²) in [4.78, 5) is 41.4. The minimum Gasteiger partial charge on any atom is -0.468 e. The summed E-state index contributed by atoms with van der Waals surface area (Å²) in [5.41, 5.74) is 0.206. The van der Waals surface area contributed by atoms with Gasteiger partial charge in [-0.15, -0.1) is 0 Å². The second kappa shape index (κ2) is 7.37. The van der Waals surface area contributed by atoms with Gasteiger partial charge in [-0.3, -0.25) is 19.3 Å². The van der Waals surface area contributed by atoms with Gasteiger partial charge < -0.3 is 10.1 Å². The van der Waals surface area contributed by atoms with Crippen LogP contribution < -0.4 is 10.1 Å². The molecule has 2 atom stereocenters. The minimum atomic E-state index is -4.48. The second-order valence-corrected chi connectivity index (χ2v) is 6.26. The summed E-state index contributed by atoms with van der Waals surface area (Å²) in [7, 11) is 0. The van der Waals surface area contributed by atoms with Gasteiger partial charge in [0, 0.05) is 6.07 Å². The summed E-state index contributed by atoms with van der Waals surface area (Å²) in [6.07, 6.45) is 1.32. The molecule has 1 aliphatic carbocycles. The highest BCUT2D eigenvalue weighted by Crippen LogP contribution is 2.34. The van der Waals surface area contributed by atoms with Crippen molar-refractivity contribution in [2.45, 2.75) is 19.0 Å². The monoisotopic (exact) mass is 383 g/mol. The van der Waals surface area contributed by atoms with Crippen LogP contribution in [0, 0.1) is 11.8 Å². The van der Waals surface area contributed by atoms with Gasteiger partial charge in [0.15, 0.2) is 6.61 Å². The fraction of sp³-hybridized carbons (Fsp3) is 0.412. The number of rotatable bonds is 5. The lowest BCUT2D eigenvalue weighted by Crippen LogP contribution is -2.38. The highest BCUT2D eigenvalue weighted by atomic mass is 19.4. The maximum Gasteiger partial charge on any atom is 0.422 e. The SMILES string of the molecule is O=C(CN1C(=O)C2CC=CCC2C1=O)Nc1ccc(OCC(F)(F)F)nc1. The maximum absolute atomic E-state index is 12.3. The molecule has 1 saturated heterocycles. The normalized spacial score (nSPS) is 22.0. The average molecular weight is 383 g/mol. The van der Waals surface area contributed by atoms with Gasteiger partial charge in [0.25, 0.3) is 0 Å². The number of allylic oxidation sites excluding steroid dienone is 2. The zero-order valence-electron chi connectivity index (χ0n) is 14.0. The number of carbonyl (C=O) groups excluding carboxylic acids is 3. The van der Waals surface area contributed by atoms with Crippen molar-refractivity contribution in [1.29, 1.82) is 0 Å². The predicted octanol–water partition coefficient (Wildman–Crippen LogP) is 1.91. The van der Waals surface area contributed by atoms with Gasteiger partial charge >= 0.3 is 6.18 Å². The first-order valence-corrected chi connectivity index (χ1v) is 8.20. The van der Waals surface area contributed by atoms with E-state index in [9.17, 15) is 27.6 Å². The Morgan fingerprint density at radius 3 is 2.33 bits per heavy atom. The van der Waals surface area contributed by atoms with Crippen molar-refractivity contribution in [3.05, 3.63) is 30.5 Å². The number of aromatic nitrogens is 1. The molecule has 1 aromatic rings. The molecule has 3 rings (SSSR count). The lowest BCUT2D eigenvalue weighted by molar-refractivity contribution is -0.154.